The number of hydrogen-bond donors (Lipinski definition) is 1. The topological polar surface area (TPSA) is 98.5 Å². The van der Waals surface area contributed by atoms with Crippen LogP contribution in [0.25, 0.3) is 11.1 Å². The largest absolute Gasteiger partial charge is 0.497 e. The molecule has 1 atom stereocenters. The first kappa shape index (κ1) is 21.9. The van der Waals surface area contributed by atoms with Crippen molar-refractivity contribution in [2.45, 2.75) is 13.2 Å². The average Bonchev–Trinajstić information content (AvgIpc) is 2.78. The van der Waals surface area contributed by atoms with Crippen molar-refractivity contribution in [1.82, 2.24) is 0 Å². The van der Waals surface area contributed by atoms with Crippen LogP contribution >= 0.6 is 0 Å². The highest BCUT2D eigenvalue weighted by Crippen LogP contribution is 2.39. The molecule has 0 aromatic heterocycles. The van der Waals surface area contributed by atoms with Crippen LogP contribution in [0.4, 0.5) is 0 Å². The number of allylic oxidation sites excluding steroid dienone is 1. The zero-order chi connectivity index (χ0) is 22.5. The van der Waals surface area contributed by atoms with Crippen molar-refractivity contribution in [3.05, 3.63) is 59.5 Å². The lowest BCUT2D eigenvalue weighted by Crippen LogP contribution is -2.26. The number of benzene rings is 2. The molecule has 2 aromatic rings. The van der Waals surface area contributed by atoms with Gasteiger partial charge >= 0.3 is 5.97 Å². The molecule has 8 nitrogen and oxygen atoms in total. The fourth-order valence-electron chi connectivity index (χ4n) is 3.21. The van der Waals surface area contributed by atoms with Gasteiger partial charge in [-0.2, -0.15) is 0 Å². The summed E-state index contributed by atoms with van der Waals surface area (Å²) in [6, 6.07) is 10.6. The Morgan fingerprint density at radius 1 is 0.806 bits per heavy atom. The molecule has 0 fully saturated rings. The fraction of sp³-hybridized carbons (Fsp3) is 0.261. The van der Waals surface area contributed by atoms with Gasteiger partial charge in [0.05, 0.1) is 46.0 Å². The lowest BCUT2D eigenvalue weighted by molar-refractivity contribution is -0.157. The summed E-state index contributed by atoms with van der Waals surface area (Å²) in [6.07, 6.45) is 0.420. The monoisotopic (exact) mass is 427 g/mol. The maximum Gasteiger partial charge on any atom is 0.305 e. The SMILES string of the molecule is COc1cc(OC)cc(C2=COC(OC(C)=O)C(c3cc(OC)cc(OC)c3)=C2N)c1. The Labute approximate surface area is 180 Å². The van der Waals surface area contributed by atoms with Crippen LogP contribution in [-0.4, -0.2) is 40.7 Å². The van der Waals surface area contributed by atoms with E-state index >= 15 is 0 Å². The molecule has 1 unspecified atom stereocenters. The van der Waals surface area contributed by atoms with Crippen LogP contribution in [0, 0.1) is 0 Å². The molecule has 0 radical (unpaired) electrons. The Morgan fingerprint density at radius 3 is 1.68 bits per heavy atom. The van der Waals surface area contributed by atoms with Crippen molar-refractivity contribution in [1.29, 1.82) is 0 Å². The summed E-state index contributed by atoms with van der Waals surface area (Å²) >= 11 is 0. The zero-order valence-corrected chi connectivity index (χ0v) is 18.1. The molecule has 0 amide bonds. The van der Waals surface area contributed by atoms with Crippen molar-refractivity contribution in [2.75, 3.05) is 28.4 Å². The van der Waals surface area contributed by atoms with E-state index in [9.17, 15) is 4.79 Å². The van der Waals surface area contributed by atoms with Gasteiger partial charge in [-0.1, -0.05) is 0 Å². The smallest absolute Gasteiger partial charge is 0.305 e. The van der Waals surface area contributed by atoms with Gasteiger partial charge in [0.2, 0.25) is 0 Å². The van der Waals surface area contributed by atoms with Crippen molar-refractivity contribution >= 4 is 17.1 Å². The molecule has 164 valence electrons. The molecule has 0 bridgehead atoms. The zero-order valence-electron chi connectivity index (χ0n) is 18.1. The fourth-order valence-corrected chi connectivity index (χ4v) is 3.21. The predicted molar refractivity (Wildman–Crippen MR) is 115 cm³/mol. The Hall–Kier alpha value is -3.81. The number of esters is 1. The highest BCUT2D eigenvalue weighted by Gasteiger charge is 2.30. The summed E-state index contributed by atoms with van der Waals surface area (Å²) < 4.78 is 32.6. The number of hydrogen-bond acceptors (Lipinski definition) is 8. The first-order valence-electron chi connectivity index (χ1n) is 9.39. The van der Waals surface area contributed by atoms with Gasteiger partial charge < -0.3 is 34.2 Å². The Bertz CT molecular complexity index is 998. The summed E-state index contributed by atoms with van der Waals surface area (Å²) in [4.78, 5) is 11.7. The highest BCUT2D eigenvalue weighted by molar-refractivity contribution is 5.91. The van der Waals surface area contributed by atoms with Crippen LogP contribution in [-0.2, 0) is 14.3 Å². The number of nitrogens with two attached hydrogens (primary N) is 1. The van der Waals surface area contributed by atoms with Gasteiger partial charge in [-0.25, -0.2) is 0 Å². The van der Waals surface area contributed by atoms with E-state index in [1.54, 1.807) is 64.8 Å². The standard InChI is InChI=1S/C23H25NO7/c1-13(25)31-23-21(15-8-18(28-4)11-19(9-15)29-5)22(24)20(12-30-23)14-6-16(26-2)10-17(7-14)27-3/h6-12,23H,24H2,1-5H3. The van der Waals surface area contributed by atoms with E-state index in [-0.39, 0.29) is 0 Å². The van der Waals surface area contributed by atoms with E-state index in [0.717, 1.165) is 0 Å². The molecular weight excluding hydrogens is 402 g/mol. The summed E-state index contributed by atoms with van der Waals surface area (Å²) in [7, 11) is 6.22. The molecule has 31 heavy (non-hydrogen) atoms. The maximum atomic E-state index is 11.7. The second kappa shape index (κ2) is 9.34. The van der Waals surface area contributed by atoms with E-state index in [1.807, 2.05) is 0 Å². The van der Waals surface area contributed by atoms with Crippen LogP contribution in [0.1, 0.15) is 18.1 Å². The Morgan fingerprint density at radius 2 is 1.26 bits per heavy atom. The molecule has 1 heterocycles. The third-order valence-corrected chi connectivity index (χ3v) is 4.72. The lowest BCUT2D eigenvalue weighted by atomic mass is 9.93. The molecule has 2 N–H and O–H groups in total. The summed E-state index contributed by atoms with van der Waals surface area (Å²) in [5, 5.41) is 0. The van der Waals surface area contributed by atoms with Gasteiger partial charge in [0, 0.05) is 24.6 Å². The number of ether oxygens (including phenoxy) is 6. The van der Waals surface area contributed by atoms with Crippen molar-refractivity contribution in [3.8, 4) is 23.0 Å². The van der Waals surface area contributed by atoms with Crippen molar-refractivity contribution in [2.24, 2.45) is 5.73 Å². The molecular formula is C23H25NO7. The summed E-state index contributed by atoms with van der Waals surface area (Å²) in [6.45, 7) is 1.30. The van der Waals surface area contributed by atoms with E-state index in [0.29, 0.717) is 51.0 Å². The van der Waals surface area contributed by atoms with Gasteiger partial charge in [-0.3, -0.25) is 4.79 Å². The van der Waals surface area contributed by atoms with E-state index in [4.69, 9.17) is 34.2 Å². The number of carbonyl (C=O) groups excluding carboxylic acids is 1. The second-order valence-corrected chi connectivity index (χ2v) is 6.64. The second-order valence-electron chi connectivity index (χ2n) is 6.64. The van der Waals surface area contributed by atoms with E-state index < -0.39 is 12.3 Å². The predicted octanol–water partition coefficient (Wildman–Crippen LogP) is 3.35. The van der Waals surface area contributed by atoms with Crippen molar-refractivity contribution in [3.63, 3.8) is 0 Å². The summed E-state index contributed by atoms with van der Waals surface area (Å²) in [5.41, 5.74) is 9.34. The van der Waals surface area contributed by atoms with Gasteiger partial charge in [-0.15, -0.1) is 0 Å². The summed E-state index contributed by atoms with van der Waals surface area (Å²) in [5.74, 6) is 1.78. The van der Waals surface area contributed by atoms with E-state index in [2.05, 4.69) is 0 Å². The van der Waals surface area contributed by atoms with Gasteiger partial charge in [0.25, 0.3) is 6.29 Å². The van der Waals surface area contributed by atoms with Crippen molar-refractivity contribution < 1.29 is 33.2 Å². The molecule has 0 aliphatic carbocycles. The molecule has 0 spiro atoms. The third kappa shape index (κ3) is 4.69. The minimum absolute atomic E-state index is 0.364. The molecule has 1 aliphatic heterocycles. The molecule has 0 saturated heterocycles. The molecule has 2 aromatic carbocycles. The maximum absolute atomic E-state index is 11.7. The first-order chi connectivity index (χ1) is 14.9. The first-order valence-corrected chi connectivity index (χ1v) is 9.39. The van der Waals surface area contributed by atoms with Crippen LogP contribution < -0.4 is 24.7 Å². The number of rotatable bonds is 7. The third-order valence-electron chi connectivity index (χ3n) is 4.72. The Balaban J connectivity index is 2.19. The van der Waals surface area contributed by atoms with Gasteiger partial charge in [-0.05, 0) is 35.4 Å². The molecule has 0 saturated carbocycles. The van der Waals surface area contributed by atoms with E-state index in [1.165, 1.54) is 13.2 Å². The van der Waals surface area contributed by atoms with Crippen LogP contribution in [0.2, 0.25) is 0 Å². The molecule has 3 rings (SSSR count). The minimum Gasteiger partial charge on any atom is -0.497 e. The molecule has 8 heteroatoms. The Kier molecular flexibility index (Phi) is 6.59. The highest BCUT2D eigenvalue weighted by atomic mass is 16.7. The van der Waals surface area contributed by atoms with Gasteiger partial charge in [0.15, 0.2) is 0 Å². The van der Waals surface area contributed by atoms with Gasteiger partial charge in [0.1, 0.15) is 23.0 Å². The normalized spacial score (nSPS) is 15.5. The quantitative estimate of drug-likeness (QED) is 0.672. The lowest BCUT2D eigenvalue weighted by Gasteiger charge is -2.28. The van der Waals surface area contributed by atoms with Crippen LogP contribution in [0.15, 0.2) is 48.4 Å². The van der Waals surface area contributed by atoms with Crippen LogP contribution in [0.5, 0.6) is 23.0 Å². The molecule has 1 aliphatic rings. The minimum atomic E-state index is -1.04. The average molecular weight is 427 g/mol. The van der Waals surface area contributed by atoms with Crippen LogP contribution in [0.3, 0.4) is 0 Å². The number of methoxy groups -OCH3 is 4. The number of carbonyl (C=O) groups is 1.